The summed E-state index contributed by atoms with van der Waals surface area (Å²) in [6.45, 7) is 2.02. The van der Waals surface area contributed by atoms with E-state index in [2.05, 4.69) is 4.98 Å². The van der Waals surface area contributed by atoms with Crippen molar-refractivity contribution >= 4 is 49.6 Å². The van der Waals surface area contributed by atoms with Gasteiger partial charge in [0.25, 0.3) is 0 Å². The number of nitrogens with zero attached hydrogens (tertiary/aromatic N) is 1. The first-order valence-corrected chi connectivity index (χ1v) is 17.5. The Balaban J connectivity index is 0.000000217. The van der Waals surface area contributed by atoms with Crippen molar-refractivity contribution in [3.8, 4) is 0 Å². The predicted molar refractivity (Wildman–Crippen MR) is 58.1 cm³/mol. The van der Waals surface area contributed by atoms with Crippen LogP contribution >= 0.6 is 35.7 Å². The molecule has 0 saturated carbocycles. The molecule has 0 aromatic carbocycles. The molecule has 0 atom stereocenters. The molecule has 0 spiro atoms. The molecule has 6 heteroatoms. The maximum absolute atomic E-state index is 5.04. The first-order valence-electron chi connectivity index (χ1n) is 3.02. The van der Waals surface area contributed by atoms with Gasteiger partial charge in [0.2, 0.25) is 0 Å². The zero-order valence-electron chi connectivity index (χ0n) is 6.27. The first-order chi connectivity index (χ1) is 5.39. The van der Waals surface area contributed by atoms with Crippen molar-refractivity contribution in [1.82, 2.24) is 4.98 Å². The van der Waals surface area contributed by atoms with Crippen molar-refractivity contribution in [3.63, 3.8) is 0 Å². The molecule has 0 unspecified atom stereocenters. The molecule has 1 heterocycles. The maximum atomic E-state index is 5.04. The molecule has 0 aliphatic heterocycles. The molecule has 68 valence electrons. The number of hydrogen-bond acceptors (Lipinski definition) is 1. The van der Waals surface area contributed by atoms with Crippen LogP contribution in [0.15, 0.2) is 24.5 Å². The normalized spacial score (nSPS) is 10.1. The van der Waals surface area contributed by atoms with Gasteiger partial charge in [-0.2, -0.15) is 0 Å². The van der Waals surface area contributed by atoms with Crippen LogP contribution in [0, 0.1) is 6.92 Å². The molecule has 1 aromatic rings. The monoisotopic (exact) mass is 353 g/mol. The molecule has 0 amide bonds. The van der Waals surface area contributed by atoms with Crippen LogP contribution < -0.4 is 0 Å². The molecule has 0 aliphatic rings. The summed E-state index contributed by atoms with van der Waals surface area (Å²) in [7, 11) is 20.1. The molecular formula is C6H7Cl4NSn. The van der Waals surface area contributed by atoms with Gasteiger partial charge in [-0.1, -0.05) is 6.07 Å². The van der Waals surface area contributed by atoms with Gasteiger partial charge >= 0.3 is 49.6 Å². The predicted octanol–water partition coefficient (Wildman–Crippen LogP) is 3.77. The topological polar surface area (TPSA) is 12.9 Å². The summed E-state index contributed by atoms with van der Waals surface area (Å²) < 4.78 is 0. The van der Waals surface area contributed by atoms with Crippen LogP contribution in [-0.2, 0) is 0 Å². The average Bonchev–Trinajstić information content (AvgIpc) is 1.85. The molecule has 1 aromatic heterocycles. The van der Waals surface area contributed by atoms with Crippen LogP contribution in [0.4, 0.5) is 0 Å². The summed E-state index contributed by atoms with van der Waals surface area (Å²) >= 11 is -3.29. The third-order valence-corrected chi connectivity index (χ3v) is 0.809. The number of aromatic nitrogens is 1. The number of rotatable bonds is 0. The molecule has 0 saturated heterocycles. The molecule has 1 rings (SSSR count). The third-order valence-electron chi connectivity index (χ3n) is 0.809. The van der Waals surface area contributed by atoms with Gasteiger partial charge in [-0.3, -0.25) is 4.98 Å². The van der Waals surface area contributed by atoms with Gasteiger partial charge in [-0.05, 0) is 18.6 Å². The van der Waals surface area contributed by atoms with Gasteiger partial charge in [0.1, 0.15) is 0 Å². The molecule has 0 fully saturated rings. The van der Waals surface area contributed by atoms with Crippen LogP contribution in [0.3, 0.4) is 0 Å². The van der Waals surface area contributed by atoms with Gasteiger partial charge in [0.05, 0.1) is 0 Å². The van der Waals surface area contributed by atoms with E-state index in [-0.39, 0.29) is 0 Å². The number of halogens is 4. The summed E-state index contributed by atoms with van der Waals surface area (Å²) in [5.74, 6) is 0. The van der Waals surface area contributed by atoms with Gasteiger partial charge < -0.3 is 0 Å². The fourth-order valence-electron chi connectivity index (χ4n) is 0.448. The fraction of sp³-hybridized carbons (Fsp3) is 0.167. The summed E-state index contributed by atoms with van der Waals surface area (Å²) in [5.41, 5.74) is 1.21. The quantitative estimate of drug-likeness (QED) is 0.647. The molecule has 0 bridgehead atoms. The second-order valence-corrected chi connectivity index (χ2v) is 27.4. The first kappa shape index (κ1) is 13.1. The molecule has 1 nitrogen and oxygen atoms in total. The number of aryl methyl sites for hydroxylation is 1. The number of hydrogen-bond donors (Lipinski definition) is 0. The Kier molecular flexibility index (Phi) is 7.15. The van der Waals surface area contributed by atoms with E-state index in [4.69, 9.17) is 35.7 Å². The SMILES string of the molecule is Cc1cccnc1.[Cl][Sn]([Cl])([Cl])[Cl]. The fourth-order valence-corrected chi connectivity index (χ4v) is 0.448. The molecule has 0 radical (unpaired) electrons. The summed E-state index contributed by atoms with van der Waals surface area (Å²) in [4.78, 5) is 3.88. The molecule has 0 N–H and O–H groups in total. The summed E-state index contributed by atoms with van der Waals surface area (Å²) in [6, 6.07) is 3.95. The van der Waals surface area contributed by atoms with Crippen molar-refractivity contribution < 1.29 is 0 Å². The van der Waals surface area contributed by atoms with Crippen LogP contribution in [0.1, 0.15) is 5.56 Å². The van der Waals surface area contributed by atoms with Crippen molar-refractivity contribution in [2.24, 2.45) is 0 Å². The minimum atomic E-state index is -3.29. The van der Waals surface area contributed by atoms with E-state index in [0.29, 0.717) is 0 Å². The van der Waals surface area contributed by atoms with Crippen molar-refractivity contribution in [3.05, 3.63) is 30.1 Å². The summed E-state index contributed by atoms with van der Waals surface area (Å²) in [5, 5.41) is 0. The van der Waals surface area contributed by atoms with Crippen molar-refractivity contribution in [1.29, 1.82) is 0 Å². The van der Waals surface area contributed by atoms with E-state index in [1.54, 1.807) is 6.20 Å². The molecular weight excluding hydrogens is 347 g/mol. The van der Waals surface area contributed by atoms with E-state index in [0.717, 1.165) is 0 Å². The minimum absolute atomic E-state index is 1.21. The van der Waals surface area contributed by atoms with Crippen molar-refractivity contribution in [2.45, 2.75) is 6.92 Å². The number of pyridine rings is 1. The Hall–Kier alpha value is 1.11. The van der Waals surface area contributed by atoms with Crippen LogP contribution in [0.25, 0.3) is 0 Å². The Morgan fingerprint density at radius 1 is 1.25 bits per heavy atom. The van der Waals surface area contributed by atoms with E-state index < -0.39 is 13.9 Å². The zero-order chi connectivity index (χ0) is 9.61. The second-order valence-electron chi connectivity index (χ2n) is 1.96. The van der Waals surface area contributed by atoms with Gasteiger partial charge in [-0.15, -0.1) is 0 Å². The van der Waals surface area contributed by atoms with Crippen LogP contribution in [-0.4, -0.2) is 18.9 Å². The third kappa shape index (κ3) is 13.7. The van der Waals surface area contributed by atoms with Crippen LogP contribution in [0.2, 0.25) is 0 Å². The summed E-state index contributed by atoms with van der Waals surface area (Å²) in [6.07, 6.45) is 3.60. The zero-order valence-corrected chi connectivity index (χ0v) is 12.1. The second kappa shape index (κ2) is 6.55. The standard InChI is InChI=1S/C6H7N.4ClH.Sn/c1-6-3-2-4-7-5-6;;;;;/h2-5H,1H3;4*1H;/q;;;;;+4/p-4. The van der Waals surface area contributed by atoms with E-state index in [1.165, 1.54) is 5.56 Å². The Labute approximate surface area is 90.7 Å². The van der Waals surface area contributed by atoms with Gasteiger partial charge in [-0.25, -0.2) is 0 Å². The molecule has 0 aliphatic carbocycles. The van der Waals surface area contributed by atoms with Gasteiger partial charge in [0, 0.05) is 12.4 Å². The van der Waals surface area contributed by atoms with Gasteiger partial charge in [0.15, 0.2) is 0 Å². The molecule has 12 heavy (non-hydrogen) atoms. The van der Waals surface area contributed by atoms with E-state index in [9.17, 15) is 0 Å². The Morgan fingerprint density at radius 2 is 1.75 bits per heavy atom. The van der Waals surface area contributed by atoms with E-state index >= 15 is 0 Å². The van der Waals surface area contributed by atoms with Crippen molar-refractivity contribution in [2.75, 3.05) is 0 Å². The Bertz CT molecular complexity index is 205. The van der Waals surface area contributed by atoms with E-state index in [1.807, 2.05) is 25.3 Å². The van der Waals surface area contributed by atoms with Crippen LogP contribution in [0.5, 0.6) is 0 Å². The average molecular weight is 354 g/mol. The Morgan fingerprint density at radius 3 is 1.92 bits per heavy atom.